The van der Waals surface area contributed by atoms with E-state index in [1.807, 2.05) is 0 Å². The summed E-state index contributed by atoms with van der Waals surface area (Å²) in [6.45, 7) is 1.82. The highest BCUT2D eigenvalue weighted by atomic mass is 16.5. The maximum atomic E-state index is 5.72. The maximum Gasteiger partial charge on any atom is 0.122 e. The van der Waals surface area contributed by atoms with Crippen molar-refractivity contribution in [2.75, 3.05) is 6.61 Å². The normalized spacial score (nSPS) is 17.1. The summed E-state index contributed by atoms with van der Waals surface area (Å²) in [5.74, 6) is 1.07. The van der Waals surface area contributed by atoms with Gasteiger partial charge in [-0.1, -0.05) is 30.3 Å². The van der Waals surface area contributed by atoms with Gasteiger partial charge in [0.05, 0.1) is 6.61 Å². The summed E-state index contributed by atoms with van der Waals surface area (Å²) in [6, 6.07) is 16.1. The summed E-state index contributed by atoms with van der Waals surface area (Å²) in [4.78, 5) is 0. The van der Waals surface area contributed by atoms with E-state index in [2.05, 4.69) is 47.8 Å². The average molecular weight is 279 g/mol. The molecule has 2 nitrogen and oxygen atoms in total. The fraction of sp³-hybridized carbons (Fsp3) is 0.368. The molecule has 2 aromatic carbocycles. The van der Waals surface area contributed by atoms with Gasteiger partial charge in [0.1, 0.15) is 5.75 Å². The molecule has 0 bridgehead atoms. The van der Waals surface area contributed by atoms with E-state index in [1.165, 1.54) is 35.1 Å². The number of nitrogens with one attached hydrogen (secondary N) is 1. The van der Waals surface area contributed by atoms with Crippen LogP contribution in [0.15, 0.2) is 42.5 Å². The van der Waals surface area contributed by atoms with Gasteiger partial charge in [0.2, 0.25) is 0 Å². The summed E-state index contributed by atoms with van der Waals surface area (Å²) >= 11 is 0. The second-order valence-corrected chi connectivity index (χ2v) is 6.09. The van der Waals surface area contributed by atoms with E-state index in [4.69, 9.17) is 4.74 Å². The van der Waals surface area contributed by atoms with Crippen LogP contribution in [0.3, 0.4) is 0 Å². The molecule has 21 heavy (non-hydrogen) atoms. The molecule has 2 aromatic rings. The predicted octanol–water partition coefficient (Wildman–Crippen LogP) is 3.93. The number of ether oxygens (including phenoxy) is 1. The van der Waals surface area contributed by atoms with Crippen molar-refractivity contribution in [3.63, 3.8) is 0 Å². The third-order valence-electron chi connectivity index (χ3n) is 4.40. The highest BCUT2D eigenvalue weighted by Gasteiger charge is 2.20. The minimum Gasteiger partial charge on any atom is -0.493 e. The molecule has 0 aromatic heterocycles. The lowest BCUT2D eigenvalue weighted by Crippen LogP contribution is -2.15. The molecule has 0 radical (unpaired) electrons. The SMILES string of the molecule is c1ccc(-c2ccc3c(c2)CCCO3)c(CNC2CC2)c1. The fourth-order valence-corrected chi connectivity index (χ4v) is 3.03. The van der Waals surface area contributed by atoms with Crippen molar-refractivity contribution in [1.82, 2.24) is 5.32 Å². The second-order valence-electron chi connectivity index (χ2n) is 6.09. The third-order valence-corrected chi connectivity index (χ3v) is 4.40. The van der Waals surface area contributed by atoms with Gasteiger partial charge in [0.15, 0.2) is 0 Å². The molecule has 1 aliphatic heterocycles. The van der Waals surface area contributed by atoms with Crippen molar-refractivity contribution in [2.24, 2.45) is 0 Å². The van der Waals surface area contributed by atoms with Gasteiger partial charge in [0.25, 0.3) is 0 Å². The first-order valence-electron chi connectivity index (χ1n) is 7.97. The first-order valence-corrected chi connectivity index (χ1v) is 7.97. The molecule has 108 valence electrons. The Hall–Kier alpha value is -1.80. The zero-order valence-corrected chi connectivity index (χ0v) is 12.3. The molecule has 0 unspecified atom stereocenters. The zero-order chi connectivity index (χ0) is 14.1. The monoisotopic (exact) mass is 279 g/mol. The van der Waals surface area contributed by atoms with Crippen LogP contribution in [0.5, 0.6) is 5.75 Å². The summed E-state index contributed by atoms with van der Waals surface area (Å²) in [5.41, 5.74) is 5.40. The van der Waals surface area contributed by atoms with Gasteiger partial charge in [-0.2, -0.15) is 0 Å². The van der Waals surface area contributed by atoms with Crippen LogP contribution in [0.25, 0.3) is 11.1 Å². The van der Waals surface area contributed by atoms with Gasteiger partial charge < -0.3 is 10.1 Å². The van der Waals surface area contributed by atoms with Crippen LogP contribution in [-0.4, -0.2) is 12.6 Å². The van der Waals surface area contributed by atoms with E-state index in [-0.39, 0.29) is 0 Å². The van der Waals surface area contributed by atoms with Crippen LogP contribution in [0.4, 0.5) is 0 Å². The van der Waals surface area contributed by atoms with E-state index < -0.39 is 0 Å². The van der Waals surface area contributed by atoms with Crippen LogP contribution in [0.1, 0.15) is 30.4 Å². The summed E-state index contributed by atoms with van der Waals surface area (Å²) in [6.07, 6.45) is 4.92. The van der Waals surface area contributed by atoms with Crippen LogP contribution in [0.2, 0.25) is 0 Å². The lowest BCUT2D eigenvalue weighted by Gasteiger charge is -2.19. The van der Waals surface area contributed by atoms with Gasteiger partial charge in [-0.3, -0.25) is 0 Å². The zero-order valence-electron chi connectivity index (χ0n) is 12.3. The largest absolute Gasteiger partial charge is 0.493 e. The lowest BCUT2D eigenvalue weighted by molar-refractivity contribution is 0.288. The molecule has 2 aliphatic rings. The van der Waals surface area contributed by atoms with Crippen LogP contribution in [0, 0.1) is 0 Å². The minimum atomic E-state index is 0.745. The van der Waals surface area contributed by atoms with Gasteiger partial charge >= 0.3 is 0 Å². The highest BCUT2D eigenvalue weighted by molar-refractivity contribution is 5.69. The Morgan fingerprint density at radius 1 is 1.10 bits per heavy atom. The molecule has 1 fully saturated rings. The number of hydrogen-bond donors (Lipinski definition) is 1. The van der Waals surface area contributed by atoms with E-state index in [9.17, 15) is 0 Å². The maximum absolute atomic E-state index is 5.72. The molecule has 0 amide bonds. The van der Waals surface area contributed by atoms with Crippen molar-refractivity contribution in [2.45, 2.75) is 38.3 Å². The number of benzene rings is 2. The van der Waals surface area contributed by atoms with E-state index in [0.717, 1.165) is 37.8 Å². The molecule has 1 saturated carbocycles. The molecule has 2 heteroatoms. The Kier molecular flexibility index (Phi) is 3.40. The Morgan fingerprint density at radius 3 is 2.90 bits per heavy atom. The second kappa shape index (κ2) is 5.53. The van der Waals surface area contributed by atoms with E-state index in [0.29, 0.717) is 0 Å². The molecule has 0 saturated heterocycles. The molecule has 4 rings (SSSR count). The van der Waals surface area contributed by atoms with Gasteiger partial charge in [0, 0.05) is 12.6 Å². The number of hydrogen-bond acceptors (Lipinski definition) is 2. The van der Waals surface area contributed by atoms with Crippen LogP contribution in [-0.2, 0) is 13.0 Å². The van der Waals surface area contributed by atoms with Crippen molar-refractivity contribution < 1.29 is 4.74 Å². The quantitative estimate of drug-likeness (QED) is 0.915. The first-order chi connectivity index (χ1) is 10.4. The predicted molar refractivity (Wildman–Crippen MR) is 85.6 cm³/mol. The molecule has 1 heterocycles. The van der Waals surface area contributed by atoms with Gasteiger partial charge in [-0.05, 0) is 60.1 Å². The van der Waals surface area contributed by atoms with Crippen LogP contribution >= 0.6 is 0 Å². The Balaban J connectivity index is 1.65. The van der Waals surface area contributed by atoms with Gasteiger partial charge in [-0.25, -0.2) is 0 Å². The Labute approximate surface area is 126 Å². The Morgan fingerprint density at radius 2 is 2.00 bits per heavy atom. The van der Waals surface area contributed by atoms with E-state index in [1.54, 1.807) is 0 Å². The molecule has 1 N–H and O–H groups in total. The fourth-order valence-electron chi connectivity index (χ4n) is 3.03. The topological polar surface area (TPSA) is 21.3 Å². The number of rotatable bonds is 4. The van der Waals surface area contributed by atoms with Crippen molar-refractivity contribution in [1.29, 1.82) is 0 Å². The molecule has 0 spiro atoms. The van der Waals surface area contributed by atoms with Crippen molar-refractivity contribution >= 4 is 0 Å². The molecule has 1 aliphatic carbocycles. The van der Waals surface area contributed by atoms with Crippen molar-refractivity contribution in [3.8, 4) is 16.9 Å². The highest BCUT2D eigenvalue weighted by Crippen LogP contribution is 2.32. The average Bonchev–Trinajstić information content (AvgIpc) is 3.37. The van der Waals surface area contributed by atoms with Crippen molar-refractivity contribution in [3.05, 3.63) is 53.6 Å². The molecular weight excluding hydrogens is 258 g/mol. The van der Waals surface area contributed by atoms with Gasteiger partial charge in [-0.15, -0.1) is 0 Å². The third kappa shape index (κ3) is 2.81. The summed E-state index contributed by atoms with van der Waals surface area (Å²) in [5, 5.41) is 3.62. The molecular formula is C19H21NO. The number of fused-ring (bicyclic) bond motifs is 1. The standard InChI is InChI=1S/C19H21NO/c1-2-6-18(16(4-1)13-20-17-8-9-17)14-7-10-19-15(12-14)5-3-11-21-19/h1-2,4,6-7,10,12,17,20H,3,5,8-9,11,13H2. The summed E-state index contributed by atoms with van der Waals surface area (Å²) in [7, 11) is 0. The minimum absolute atomic E-state index is 0.745. The lowest BCUT2D eigenvalue weighted by atomic mass is 9.95. The Bertz CT molecular complexity index is 646. The first kappa shape index (κ1) is 12.9. The smallest absolute Gasteiger partial charge is 0.122 e. The summed E-state index contributed by atoms with van der Waals surface area (Å²) < 4.78 is 5.72. The number of aryl methyl sites for hydroxylation is 1. The van der Waals surface area contributed by atoms with Crippen LogP contribution < -0.4 is 10.1 Å². The van der Waals surface area contributed by atoms with E-state index >= 15 is 0 Å². The molecule has 0 atom stereocenters.